The first kappa shape index (κ1) is 35.9. The highest BCUT2D eigenvalue weighted by Crippen LogP contribution is 2.39. The van der Waals surface area contributed by atoms with Crippen molar-refractivity contribution in [2.45, 2.75) is 118 Å². The molecule has 224 valence electrons. The van der Waals surface area contributed by atoms with Gasteiger partial charge in [-0.2, -0.15) is 0 Å². The zero-order chi connectivity index (χ0) is 29.9. The Morgan fingerprint density at radius 2 is 1.35 bits per heavy atom. The number of aryl methyl sites for hydroxylation is 2. The van der Waals surface area contributed by atoms with Crippen LogP contribution in [-0.4, -0.2) is 12.1 Å². The van der Waals surface area contributed by atoms with Crippen LogP contribution in [0.2, 0.25) is 0 Å². The monoisotopic (exact) mass is 546 g/mol. The lowest BCUT2D eigenvalue weighted by Crippen LogP contribution is -2.56. The third-order valence-corrected chi connectivity index (χ3v) is 8.73. The fourth-order valence-electron chi connectivity index (χ4n) is 5.91. The second-order valence-electron chi connectivity index (χ2n) is 12.2. The van der Waals surface area contributed by atoms with Crippen LogP contribution in [0.25, 0.3) is 0 Å². The van der Waals surface area contributed by atoms with E-state index in [9.17, 15) is 0 Å². The minimum atomic E-state index is 0.0770. The molecule has 0 aliphatic heterocycles. The van der Waals surface area contributed by atoms with Gasteiger partial charge in [0.05, 0.1) is 0 Å². The highest BCUT2D eigenvalue weighted by molar-refractivity contribution is 5.14. The molecule has 1 fully saturated rings. The molecule has 1 aliphatic rings. The molecule has 0 amide bonds. The standard InChI is InChI=1S/C22H42N2.2C8H10/c1-7-10-16(4)11-8-9-12-17(5)13-19-14-20(15(2)3)18(6)21(23)22(19)24;2*1-2-8-6-4-3-5-7-8/h16,18-22H,2,5,7-14,23-24H2,1,3-4,6H3;2*3-7H,2H2,1H3. The summed E-state index contributed by atoms with van der Waals surface area (Å²) in [7, 11) is 0. The van der Waals surface area contributed by atoms with Crippen molar-refractivity contribution in [2.75, 3.05) is 0 Å². The molecule has 0 radical (unpaired) electrons. The summed E-state index contributed by atoms with van der Waals surface area (Å²) < 4.78 is 0. The molecule has 0 heterocycles. The molecule has 0 saturated heterocycles. The first-order chi connectivity index (χ1) is 19.1. The SMILES string of the molecule is C=C(CCCCC(C)CCC)CC1CC(C(=C)C)C(C)C(N)C1N.CCc1ccccc1.CCc1ccccc1. The predicted octanol–water partition coefficient (Wildman–Crippen LogP) is 9.93. The van der Waals surface area contributed by atoms with Crippen LogP contribution in [0, 0.1) is 23.7 Å². The molecule has 2 aromatic carbocycles. The van der Waals surface area contributed by atoms with Crippen molar-refractivity contribution in [3.8, 4) is 0 Å². The summed E-state index contributed by atoms with van der Waals surface area (Å²) in [6.07, 6.45) is 12.2. The normalized spacial score (nSPS) is 22.6. The Hall–Kier alpha value is -2.16. The zero-order valence-corrected chi connectivity index (χ0v) is 26.9. The van der Waals surface area contributed by atoms with Crippen molar-refractivity contribution in [1.82, 2.24) is 0 Å². The van der Waals surface area contributed by atoms with E-state index in [0.717, 1.165) is 38.0 Å². The Morgan fingerprint density at radius 1 is 0.825 bits per heavy atom. The van der Waals surface area contributed by atoms with Gasteiger partial charge in [-0.25, -0.2) is 0 Å². The number of rotatable bonds is 12. The van der Waals surface area contributed by atoms with E-state index in [2.05, 4.69) is 103 Å². The van der Waals surface area contributed by atoms with Gasteiger partial charge in [0, 0.05) is 12.1 Å². The Labute approximate surface area is 248 Å². The van der Waals surface area contributed by atoms with E-state index in [1.165, 1.54) is 54.4 Å². The fourth-order valence-corrected chi connectivity index (χ4v) is 5.91. The van der Waals surface area contributed by atoms with Crippen molar-refractivity contribution in [3.05, 3.63) is 96.1 Å². The minimum Gasteiger partial charge on any atom is -0.326 e. The number of hydrogen-bond donors (Lipinski definition) is 2. The van der Waals surface area contributed by atoms with Crippen LogP contribution in [0.15, 0.2) is 85.0 Å². The summed E-state index contributed by atoms with van der Waals surface area (Å²) in [6.45, 7) is 21.8. The molecular weight excluding hydrogens is 484 g/mol. The molecule has 4 N–H and O–H groups in total. The summed E-state index contributed by atoms with van der Waals surface area (Å²) in [5, 5.41) is 0. The Bertz CT molecular complexity index is 880. The maximum absolute atomic E-state index is 6.46. The van der Waals surface area contributed by atoms with E-state index in [-0.39, 0.29) is 12.1 Å². The second-order valence-corrected chi connectivity index (χ2v) is 12.2. The molecule has 1 saturated carbocycles. The summed E-state index contributed by atoms with van der Waals surface area (Å²) >= 11 is 0. The number of benzene rings is 2. The van der Waals surface area contributed by atoms with Gasteiger partial charge in [0.1, 0.15) is 0 Å². The summed E-state index contributed by atoms with van der Waals surface area (Å²) in [5.41, 5.74) is 18.3. The van der Waals surface area contributed by atoms with Crippen LogP contribution < -0.4 is 11.5 Å². The Balaban J connectivity index is 0.000000400. The van der Waals surface area contributed by atoms with Crippen molar-refractivity contribution in [2.24, 2.45) is 35.1 Å². The van der Waals surface area contributed by atoms with E-state index in [4.69, 9.17) is 11.5 Å². The average molecular weight is 547 g/mol. The molecule has 0 bridgehead atoms. The van der Waals surface area contributed by atoms with Crippen LogP contribution in [0.5, 0.6) is 0 Å². The van der Waals surface area contributed by atoms with Gasteiger partial charge in [-0.3, -0.25) is 0 Å². The lowest BCUT2D eigenvalue weighted by molar-refractivity contribution is 0.159. The quantitative estimate of drug-likeness (QED) is 0.205. The van der Waals surface area contributed by atoms with Crippen LogP contribution in [0.3, 0.4) is 0 Å². The third kappa shape index (κ3) is 14.0. The molecule has 6 atom stereocenters. The van der Waals surface area contributed by atoms with E-state index < -0.39 is 0 Å². The second kappa shape index (κ2) is 20.7. The largest absolute Gasteiger partial charge is 0.326 e. The van der Waals surface area contributed by atoms with Gasteiger partial charge in [0.25, 0.3) is 0 Å². The van der Waals surface area contributed by atoms with E-state index >= 15 is 0 Å². The molecule has 2 nitrogen and oxygen atoms in total. The minimum absolute atomic E-state index is 0.0770. The van der Waals surface area contributed by atoms with Gasteiger partial charge in [0.15, 0.2) is 0 Å². The van der Waals surface area contributed by atoms with E-state index in [1.54, 1.807) is 0 Å². The first-order valence-corrected chi connectivity index (χ1v) is 16.0. The first-order valence-electron chi connectivity index (χ1n) is 16.0. The maximum Gasteiger partial charge on any atom is 0.0227 e. The van der Waals surface area contributed by atoms with Crippen molar-refractivity contribution >= 4 is 0 Å². The predicted molar refractivity (Wildman–Crippen MR) is 179 cm³/mol. The lowest BCUT2D eigenvalue weighted by Gasteiger charge is -2.44. The molecule has 40 heavy (non-hydrogen) atoms. The van der Waals surface area contributed by atoms with Gasteiger partial charge in [-0.05, 0) is 80.2 Å². The zero-order valence-electron chi connectivity index (χ0n) is 26.9. The molecule has 1 aliphatic carbocycles. The van der Waals surface area contributed by atoms with Crippen molar-refractivity contribution in [1.29, 1.82) is 0 Å². The number of unbranched alkanes of at least 4 members (excludes halogenated alkanes) is 1. The van der Waals surface area contributed by atoms with E-state index in [0.29, 0.717) is 17.8 Å². The highest BCUT2D eigenvalue weighted by Gasteiger charge is 2.39. The number of allylic oxidation sites excluding steroid dienone is 2. The molecule has 0 spiro atoms. The Kier molecular flexibility index (Phi) is 18.5. The third-order valence-electron chi connectivity index (χ3n) is 8.73. The molecule has 6 unspecified atom stereocenters. The van der Waals surface area contributed by atoms with Crippen LogP contribution in [0.4, 0.5) is 0 Å². The summed E-state index contributed by atoms with van der Waals surface area (Å²) in [4.78, 5) is 0. The van der Waals surface area contributed by atoms with Gasteiger partial charge >= 0.3 is 0 Å². The molecule has 2 aromatic rings. The van der Waals surface area contributed by atoms with Gasteiger partial charge in [-0.15, -0.1) is 0 Å². The molecular formula is C38H62N2. The lowest BCUT2D eigenvalue weighted by atomic mass is 9.66. The summed E-state index contributed by atoms with van der Waals surface area (Å²) in [5.74, 6) is 2.27. The van der Waals surface area contributed by atoms with E-state index in [1.807, 2.05) is 12.1 Å². The highest BCUT2D eigenvalue weighted by atomic mass is 14.8. The Morgan fingerprint density at radius 3 is 1.77 bits per heavy atom. The van der Waals surface area contributed by atoms with Crippen LogP contribution >= 0.6 is 0 Å². The van der Waals surface area contributed by atoms with Crippen molar-refractivity contribution < 1.29 is 0 Å². The maximum atomic E-state index is 6.46. The molecule has 0 aromatic heterocycles. The van der Waals surface area contributed by atoms with Crippen LogP contribution in [-0.2, 0) is 12.8 Å². The van der Waals surface area contributed by atoms with Gasteiger partial charge in [0.2, 0.25) is 0 Å². The topological polar surface area (TPSA) is 52.0 Å². The van der Waals surface area contributed by atoms with Crippen molar-refractivity contribution in [3.63, 3.8) is 0 Å². The fraction of sp³-hybridized carbons (Fsp3) is 0.579. The van der Waals surface area contributed by atoms with Gasteiger partial charge in [-0.1, -0.05) is 145 Å². The smallest absolute Gasteiger partial charge is 0.0227 e. The summed E-state index contributed by atoms with van der Waals surface area (Å²) in [6, 6.07) is 21.1. The molecule has 3 rings (SSSR count). The van der Waals surface area contributed by atoms with Crippen LogP contribution in [0.1, 0.15) is 104 Å². The number of nitrogens with two attached hydrogens (primary N) is 2. The number of hydrogen-bond acceptors (Lipinski definition) is 2. The van der Waals surface area contributed by atoms with Gasteiger partial charge < -0.3 is 11.5 Å². The average Bonchev–Trinajstić information content (AvgIpc) is 2.97. The molecule has 2 heteroatoms.